The number of para-hydroxylation sites is 4. The quantitative estimate of drug-likeness (QED) is 0.165. The molecule has 6 nitrogen and oxygen atoms in total. The molecule has 12 rings (SSSR count). The van der Waals surface area contributed by atoms with Crippen molar-refractivity contribution in [2.75, 3.05) is 0 Å². The van der Waals surface area contributed by atoms with E-state index in [2.05, 4.69) is 142 Å². The molecule has 0 aliphatic carbocycles. The van der Waals surface area contributed by atoms with E-state index in [0.717, 1.165) is 66.6 Å². The lowest BCUT2D eigenvalue weighted by molar-refractivity contribution is 1.07. The van der Waals surface area contributed by atoms with Crippen molar-refractivity contribution in [1.29, 1.82) is 0 Å². The Morgan fingerprint density at radius 3 is 1.41 bits per heavy atom. The van der Waals surface area contributed by atoms with Crippen LogP contribution in [0.3, 0.4) is 0 Å². The van der Waals surface area contributed by atoms with Crippen molar-refractivity contribution < 1.29 is 0 Å². The Hall–Kier alpha value is -7.96. The second-order valence-electron chi connectivity index (χ2n) is 14.7. The van der Waals surface area contributed by atoms with Crippen LogP contribution in [0.1, 0.15) is 0 Å². The van der Waals surface area contributed by atoms with Gasteiger partial charge in [0.2, 0.25) is 0 Å². The maximum absolute atomic E-state index is 5.21. The van der Waals surface area contributed by atoms with Crippen LogP contribution < -0.4 is 0 Å². The van der Waals surface area contributed by atoms with Crippen molar-refractivity contribution in [2.24, 2.45) is 0 Å². The number of hydrogen-bond acceptors (Lipinski definition) is 4. The number of pyridine rings is 1. The number of fused-ring (bicyclic) bond motifs is 11. The highest BCUT2D eigenvalue weighted by Crippen LogP contribution is 2.40. The zero-order valence-corrected chi connectivity index (χ0v) is 31.2. The predicted molar refractivity (Wildman–Crippen MR) is 237 cm³/mol. The maximum Gasteiger partial charge on any atom is 0.164 e. The Bertz CT molecular complexity index is 3470. The van der Waals surface area contributed by atoms with Gasteiger partial charge in [-0.2, -0.15) is 0 Å². The molecule has 0 aliphatic heterocycles. The number of hydrogen-bond donors (Lipinski definition) is 0. The van der Waals surface area contributed by atoms with Crippen LogP contribution in [0.25, 0.3) is 111 Å². The molecule has 0 radical (unpaired) electrons. The van der Waals surface area contributed by atoms with Gasteiger partial charge < -0.3 is 4.57 Å². The van der Waals surface area contributed by atoms with Crippen LogP contribution in [-0.2, 0) is 0 Å². The number of imidazole rings is 1. The Morgan fingerprint density at radius 1 is 0.293 bits per heavy atom. The highest BCUT2D eigenvalue weighted by molar-refractivity contribution is 6.21. The van der Waals surface area contributed by atoms with Gasteiger partial charge in [-0.1, -0.05) is 146 Å². The van der Waals surface area contributed by atoms with Gasteiger partial charge in [0.25, 0.3) is 0 Å². The molecule has 0 aliphatic rings. The van der Waals surface area contributed by atoms with Crippen molar-refractivity contribution in [1.82, 2.24) is 28.9 Å². The summed E-state index contributed by atoms with van der Waals surface area (Å²) in [6.45, 7) is 0. The second kappa shape index (κ2) is 12.8. The average Bonchev–Trinajstić information content (AvgIpc) is 3.85. The molecule has 6 heteroatoms. The van der Waals surface area contributed by atoms with E-state index in [1.807, 2.05) is 60.7 Å². The molecule has 0 saturated heterocycles. The molecule has 0 atom stereocenters. The third-order valence-corrected chi connectivity index (χ3v) is 11.4. The van der Waals surface area contributed by atoms with Crippen LogP contribution in [0, 0.1) is 0 Å². The molecular weight excluding hydrogens is 709 g/mol. The van der Waals surface area contributed by atoms with Crippen LogP contribution in [0.15, 0.2) is 194 Å². The Kier molecular flexibility index (Phi) is 7.13. The zero-order valence-electron chi connectivity index (χ0n) is 31.2. The minimum atomic E-state index is 0.641. The normalized spacial score (nSPS) is 11.8. The minimum Gasteiger partial charge on any atom is -0.309 e. The number of rotatable bonds is 5. The molecular formula is C52H32N6. The topological polar surface area (TPSA) is 60.9 Å². The van der Waals surface area contributed by atoms with E-state index >= 15 is 0 Å². The van der Waals surface area contributed by atoms with Crippen LogP contribution >= 0.6 is 0 Å². The number of aromatic nitrogens is 6. The smallest absolute Gasteiger partial charge is 0.164 e. The summed E-state index contributed by atoms with van der Waals surface area (Å²) in [5.41, 5.74) is 12.7. The number of benzene rings is 8. The third kappa shape index (κ3) is 5.05. The molecule has 0 amide bonds. The Morgan fingerprint density at radius 2 is 0.776 bits per heavy atom. The number of nitrogens with zero attached hydrogens (tertiary/aromatic N) is 6. The van der Waals surface area contributed by atoms with Gasteiger partial charge in [0.15, 0.2) is 17.5 Å². The molecule has 0 fully saturated rings. The molecule has 58 heavy (non-hydrogen) atoms. The van der Waals surface area contributed by atoms with Crippen LogP contribution in [-0.4, -0.2) is 28.9 Å². The highest BCUT2D eigenvalue weighted by atomic mass is 15.0. The molecule has 12 aromatic rings. The van der Waals surface area contributed by atoms with Gasteiger partial charge in [-0.3, -0.25) is 4.40 Å². The predicted octanol–water partition coefficient (Wildman–Crippen LogP) is 12.7. The van der Waals surface area contributed by atoms with E-state index in [1.54, 1.807) is 0 Å². The van der Waals surface area contributed by atoms with Gasteiger partial charge in [0.1, 0.15) is 5.65 Å². The summed E-state index contributed by atoms with van der Waals surface area (Å²) < 4.78 is 4.71. The van der Waals surface area contributed by atoms with Gasteiger partial charge in [-0.05, 0) is 65.0 Å². The largest absolute Gasteiger partial charge is 0.309 e. The molecule has 8 aromatic carbocycles. The van der Waals surface area contributed by atoms with Crippen molar-refractivity contribution in [3.05, 3.63) is 194 Å². The van der Waals surface area contributed by atoms with Gasteiger partial charge in [-0.25, -0.2) is 19.9 Å². The molecule has 0 saturated carbocycles. The summed E-state index contributed by atoms with van der Waals surface area (Å²) in [6.07, 6.45) is 0. The summed E-state index contributed by atoms with van der Waals surface area (Å²) in [7, 11) is 0. The molecule has 4 aromatic heterocycles. The molecule has 0 N–H and O–H groups in total. The lowest BCUT2D eigenvalue weighted by Gasteiger charge is -2.12. The zero-order chi connectivity index (χ0) is 38.2. The van der Waals surface area contributed by atoms with E-state index < -0.39 is 0 Å². The van der Waals surface area contributed by atoms with Crippen molar-refractivity contribution in [2.45, 2.75) is 0 Å². The molecule has 0 unspecified atom stereocenters. The van der Waals surface area contributed by atoms with Gasteiger partial charge >= 0.3 is 0 Å². The Balaban J connectivity index is 0.962. The van der Waals surface area contributed by atoms with E-state index in [1.165, 1.54) is 27.1 Å². The van der Waals surface area contributed by atoms with E-state index in [4.69, 9.17) is 19.9 Å². The van der Waals surface area contributed by atoms with Crippen LogP contribution in [0.4, 0.5) is 0 Å². The van der Waals surface area contributed by atoms with Crippen molar-refractivity contribution >= 4 is 60.2 Å². The fourth-order valence-corrected chi connectivity index (χ4v) is 8.60. The molecule has 270 valence electrons. The second-order valence-corrected chi connectivity index (χ2v) is 14.7. The lowest BCUT2D eigenvalue weighted by atomic mass is 10.0. The van der Waals surface area contributed by atoms with Crippen LogP contribution in [0.2, 0.25) is 0 Å². The fourth-order valence-electron chi connectivity index (χ4n) is 8.60. The van der Waals surface area contributed by atoms with Crippen LogP contribution in [0.5, 0.6) is 0 Å². The van der Waals surface area contributed by atoms with Gasteiger partial charge in [-0.15, -0.1) is 0 Å². The lowest BCUT2D eigenvalue weighted by Crippen LogP contribution is -2.00. The summed E-state index contributed by atoms with van der Waals surface area (Å²) in [5, 5.41) is 6.00. The fraction of sp³-hybridized carbons (Fsp3) is 0. The monoisotopic (exact) mass is 740 g/mol. The first-order valence-corrected chi connectivity index (χ1v) is 19.5. The van der Waals surface area contributed by atoms with Gasteiger partial charge in [0.05, 0.1) is 27.6 Å². The van der Waals surface area contributed by atoms with Gasteiger partial charge in [0, 0.05) is 43.9 Å². The SMILES string of the molecule is c1ccc(-c2nc(-c3ccccc3)nc(-c3ccc(-c4ccc(-n5c6ccccc6c6cc7c8ccccc8n8c9ccccc9nc8c7cc65)cc4)cc3)n2)cc1. The molecule has 0 spiro atoms. The molecule has 0 bridgehead atoms. The van der Waals surface area contributed by atoms with Crippen molar-refractivity contribution in [3.8, 4) is 51.0 Å². The average molecular weight is 741 g/mol. The first-order valence-electron chi connectivity index (χ1n) is 19.5. The minimum absolute atomic E-state index is 0.641. The first-order chi connectivity index (χ1) is 28.7. The van der Waals surface area contributed by atoms with E-state index in [0.29, 0.717) is 17.5 Å². The summed E-state index contributed by atoms with van der Waals surface area (Å²) in [6, 6.07) is 68.1. The molecule has 4 heterocycles. The first kappa shape index (κ1) is 32.3. The standard InChI is InChI=1S/C52H32N6/c1-3-13-35(14-4-1)49-54-50(36-15-5-2-6-16-36)56-51(55-49)37-25-23-33(24-26-37)34-27-29-38(30-28-34)57-45-20-10-8-18-40(45)42-31-41-39-17-7-11-21-46(39)58-47-22-12-9-19-44(47)53-52(58)43(41)32-48(42)57/h1-32H. The summed E-state index contributed by atoms with van der Waals surface area (Å²) in [4.78, 5) is 19.9. The van der Waals surface area contributed by atoms with E-state index in [9.17, 15) is 0 Å². The van der Waals surface area contributed by atoms with Crippen molar-refractivity contribution in [3.63, 3.8) is 0 Å². The highest BCUT2D eigenvalue weighted by Gasteiger charge is 2.19. The maximum atomic E-state index is 5.21. The third-order valence-electron chi connectivity index (χ3n) is 11.4. The Labute approximate surface area is 333 Å². The van der Waals surface area contributed by atoms with E-state index in [-0.39, 0.29) is 0 Å². The summed E-state index contributed by atoms with van der Waals surface area (Å²) >= 11 is 0. The summed E-state index contributed by atoms with van der Waals surface area (Å²) in [5.74, 6) is 1.94.